The Morgan fingerprint density at radius 3 is 1.73 bits per heavy atom. The van der Waals surface area contributed by atoms with E-state index in [4.69, 9.17) is 21.0 Å². The monoisotopic (exact) mass is 828 g/mol. The number of nitriles is 1. The zero-order chi connectivity index (χ0) is 43.0. The van der Waals surface area contributed by atoms with Crippen molar-refractivity contribution in [2.24, 2.45) is 20.5 Å². The van der Waals surface area contributed by atoms with Crippen molar-refractivity contribution in [1.82, 2.24) is 19.5 Å². The third-order valence-electron chi connectivity index (χ3n) is 8.41. The first-order valence-corrected chi connectivity index (χ1v) is 17.8. The van der Waals surface area contributed by atoms with Crippen molar-refractivity contribution < 1.29 is 50.8 Å². The highest BCUT2D eigenvalue weighted by Crippen LogP contribution is 2.30. The lowest BCUT2D eigenvalue weighted by atomic mass is 10.1. The van der Waals surface area contributed by atoms with E-state index in [1.165, 1.54) is 19.1 Å². The van der Waals surface area contributed by atoms with Crippen molar-refractivity contribution in [3.05, 3.63) is 104 Å². The van der Waals surface area contributed by atoms with Gasteiger partial charge in [-0.1, -0.05) is 12.1 Å². The number of nitrogens with zero attached hydrogens (tertiary/aromatic N) is 9. The van der Waals surface area contributed by atoms with Gasteiger partial charge in [-0.2, -0.15) is 35.6 Å². The Hall–Kier alpha value is -6.85. The summed E-state index contributed by atoms with van der Waals surface area (Å²) < 4.78 is 0.948. The molecule has 0 spiro atoms. The number of hydrogen-bond acceptors (Lipinski definition) is 22. The van der Waals surface area contributed by atoms with Crippen LogP contribution in [0.25, 0.3) is 0 Å². The smallest absolute Gasteiger partial charge is 0.281 e. The van der Waals surface area contributed by atoms with Crippen molar-refractivity contribution in [2.75, 3.05) is 35.6 Å². The second-order valence-corrected chi connectivity index (χ2v) is 12.8. The van der Waals surface area contributed by atoms with E-state index in [-0.39, 0.29) is 93.0 Å². The summed E-state index contributed by atoms with van der Waals surface area (Å²) in [6.07, 6.45) is 0. The Balaban J connectivity index is 1.34. The standard InChI is InChI=1S/C37H40N12O11/c1-21-9-27(3-4-31(21)47-45-28-12-23(17-57-53)10-24(13-28)18-58-54)41-37-43-35(42-36(44-37)40-6-8-50)39-5-7-49-33(51)30(16-38)22(2)32(34(49)52)48-46-29-14-25(19-59-55)11-26(15-29)20-60-56/h3-4,9-15,50-51,53-56H,5-8,17-20H2,1-2H3,(H3,39,40,41,42,43,44). The summed E-state index contributed by atoms with van der Waals surface area (Å²) >= 11 is 0. The molecule has 0 saturated heterocycles. The molecule has 2 aromatic heterocycles. The highest BCUT2D eigenvalue weighted by Gasteiger charge is 2.20. The highest BCUT2D eigenvalue weighted by atomic mass is 17.1. The predicted octanol–water partition coefficient (Wildman–Crippen LogP) is 6.28. The van der Waals surface area contributed by atoms with Gasteiger partial charge < -0.3 is 26.2 Å². The zero-order valence-electron chi connectivity index (χ0n) is 32.1. The number of aliphatic hydroxyl groups is 1. The summed E-state index contributed by atoms with van der Waals surface area (Å²) in [6, 6.07) is 16.7. The molecule has 0 aliphatic heterocycles. The molecular weight excluding hydrogens is 788 g/mol. The van der Waals surface area contributed by atoms with Gasteiger partial charge in [0, 0.05) is 30.9 Å². The molecule has 0 atom stereocenters. The number of aromatic nitrogens is 4. The molecule has 0 amide bonds. The topological polar surface area (TPSA) is 328 Å². The first-order valence-electron chi connectivity index (χ1n) is 17.8. The number of pyridine rings is 1. The van der Waals surface area contributed by atoms with Crippen LogP contribution >= 0.6 is 0 Å². The van der Waals surface area contributed by atoms with Gasteiger partial charge >= 0.3 is 0 Å². The van der Waals surface area contributed by atoms with Crippen LogP contribution in [0.3, 0.4) is 0 Å². The van der Waals surface area contributed by atoms with E-state index in [1.807, 2.05) is 13.0 Å². The lowest BCUT2D eigenvalue weighted by Gasteiger charge is -2.14. The third kappa shape index (κ3) is 11.9. The predicted molar refractivity (Wildman–Crippen MR) is 211 cm³/mol. The number of aromatic hydroxyl groups is 1. The van der Waals surface area contributed by atoms with Crippen molar-refractivity contribution in [3.8, 4) is 11.9 Å². The molecule has 0 fully saturated rings. The number of anilines is 4. The number of rotatable bonds is 21. The van der Waals surface area contributed by atoms with E-state index in [9.17, 15) is 20.3 Å². The van der Waals surface area contributed by atoms with E-state index in [0.717, 1.165) is 10.1 Å². The molecule has 0 saturated carbocycles. The zero-order valence-corrected chi connectivity index (χ0v) is 32.1. The fraction of sp³-hybridized carbons (Fsp3) is 0.270. The van der Waals surface area contributed by atoms with Crippen LogP contribution in [-0.4, -0.2) is 70.5 Å². The van der Waals surface area contributed by atoms with E-state index >= 15 is 0 Å². The van der Waals surface area contributed by atoms with E-state index in [2.05, 4.69) is 70.9 Å². The van der Waals surface area contributed by atoms with Crippen LogP contribution < -0.4 is 21.5 Å². The van der Waals surface area contributed by atoms with Gasteiger partial charge in [0.05, 0.1) is 23.7 Å². The number of hydrogen-bond donors (Lipinski definition) is 9. The lowest BCUT2D eigenvalue weighted by Crippen LogP contribution is -2.25. The molecule has 2 heterocycles. The Labute approximate surface area is 340 Å². The maximum absolute atomic E-state index is 13.6. The van der Waals surface area contributed by atoms with Gasteiger partial charge in [0.15, 0.2) is 5.69 Å². The van der Waals surface area contributed by atoms with E-state index in [1.54, 1.807) is 42.5 Å². The van der Waals surface area contributed by atoms with Crippen LogP contribution in [0, 0.1) is 25.2 Å². The Bertz CT molecular complexity index is 2390. The maximum atomic E-state index is 13.6. The van der Waals surface area contributed by atoms with Crippen molar-refractivity contribution in [2.45, 2.75) is 46.8 Å². The molecule has 314 valence electrons. The van der Waals surface area contributed by atoms with E-state index < -0.39 is 11.4 Å². The first-order chi connectivity index (χ1) is 29.1. The molecule has 0 aliphatic rings. The minimum Gasteiger partial charge on any atom is -0.493 e. The van der Waals surface area contributed by atoms with Gasteiger partial charge in [-0.3, -0.25) is 30.4 Å². The molecule has 0 radical (unpaired) electrons. The normalized spacial score (nSPS) is 11.4. The van der Waals surface area contributed by atoms with Gasteiger partial charge in [-0.25, -0.2) is 19.6 Å². The fourth-order valence-electron chi connectivity index (χ4n) is 5.73. The summed E-state index contributed by atoms with van der Waals surface area (Å²) in [7, 11) is 0. The molecule has 0 bridgehead atoms. The molecule has 23 heteroatoms. The molecule has 23 nitrogen and oxygen atoms in total. The van der Waals surface area contributed by atoms with Gasteiger partial charge in [-0.05, 0) is 84.1 Å². The minimum absolute atomic E-state index is 0.0299. The molecule has 5 aromatic rings. The van der Waals surface area contributed by atoms with E-state index in [0.29, 0.717) is 39.3 Å². The van der Waals surface area contributed by atoms with Crippen LogP contribution in [0.4, 0.5) is 46.3 Å². The van der Waals surface area contributed by atoms with Crippen LogP contribution in [0.1, 0.15) is 38.9 Å². The first kappa shape index (κ1) is 44.3. The Kier molecular flexibility index (Phi) is 16.1. The molecule has 60 heavy (non-hydrogen) atoms. The second kappa shape index (κ2) is 21.8. The van der Waals surface area contributed by atoms with Crippen LogP contribution in [0.5, 0.6) is 5.88 Å². The summed E-state index contributed by atoms with van der Waals surface area (Å²) in [5.41, 5.74) is 3.50. The largest absolute Gasteiger partial charge is 0.493 e. The quantitative estimate of drug-likeness (QED) is 0.0223. The van der Waals surface area contributed by atoms with Crippen molar-refractivity contribution in [3.63, 3.8) is 0 Å². The third-order valence-corrected chi connectivity index (χ3v) is 8.41. The average molecular weight is 829 g/mol. The summed E-state index contributed by atoms with van der Waals surface area (Å²) in [5.74, 6) is -0.308. The molecule has 9 N–H and O–H groups in total. The molecule has 3 aromatic carbocycles. The fourth-order valence-corrected chi connectivity index (χ4v) is 5.73. The maximum Gasteiger partial charge on any atom is 0.281 e. The number of aryl methyl sites for hydroxylation is 1. The average Bonchev–Trinajstić information content (AvgIpc) is 3.21. The second-order valence-electron chi connectivity index (χ2n) is 12.8. The summed E-state index contributed by atoms with van der Waals surface area (Å²) in [5, 5.41) is 91.5. The van der Waals surface area contributed by atoms with Gasteiger partial charge in [0.1, 0.15) is 38.1 Å². The lowest BCUT2D eigenvalue weighted by molar-refractivity contribution is -0.254. The van der Waals surface area contributed by atoms with Crippen LogP contribution in [0.2, 0.25) is 0 Å². The van der Waals surface area contributed by atoms with Gasteiger partial charge in [0.25, 0.3) is 5.56 Å². The molecule has 5 rings (SSSR count). The van der Waals surface area contributed by atoms with Crippen LogP contribution in [0.15, 0.2) is 79.8 Å². The molecule has 0 unspecified atom stereocenters. The molecular formula is C37H40N12O11. The number of azo groups is 2. The SMILES string of the molecule is Cc1cc(Nc2nc(NCCO)nc(NCCn3c(O)c(C#N)c(C)c(N=Nc4cc(COO)cc(COO)c4)c3=O)n2)ccc1N=Nc1cc(COO)cc(COO)c1. The number of benzene rings is 3. The Morgan fingerprint density at radius 2 is 1.23 bits per heavy atom. The minimum atomic E-state index is -0.754. The summed E-state index contributed by atoms with van der Waals surface area (Å²) in [4.78, 5) is 43.6. The number of aliphatic hydroxyl groups excluding tert-OH is 1. The Morgan fingerprint density at radius 1 is 0.717 bits per heavy atom. The van der Waals surface area contributed by atoms with Crippen molar-refractivity contribution in [1.29, 1.82) is 5.26 Å². The molecule has 0 aliphatic carbocycles. The van der Waals surface area contributed by atoms with Crippen molar-refractivity contribution >= 4 is 46.3 Å². The van der Waals surface area contributed by atoms with Crippen LogP contribution in [-0.2, 0) is 52.5 Å². The van der Waals surface area contributed by atoms with Gasteiger partial charge in [0.2, 0.25) is 23.7 Å². The highest BCUT2D eigenvalue weighted by molar-refractivity contribution is 5.62. The van der Waals surface area contributed by atoms with Gasteiger partial charge in [-0.15, -0.1) is 5.11 Å². The number of nitrogens with one attached hydrogen (secondary N) is 3. The summed E-state index contributed by atoms with van der Waals surface area (Å²) in [6.45, 7) is 2.36.